The quantitative estimate of drug-likeness (QED) is 0.601. The number of methoxy groups -OCH3 is 1. The number of para-hydroxylation sites is 1. The van der Waals surface area contributed by atoms with Crippen molar-refractivity contribution in [3.05, 3.63) is 24.3 Å². The second-order valence-corrected chi connectivity index (χ2v) is 5.96. The molecule has 0 saturated carbocycles. The van der Waals surface area contributed by atoms with Gasteiger partial charge in [-0.1, -0.05) is 12.1 Å². The molecule has 1 aromatic carbocycles. The van der Waals surface area contributed by atoms with Crippen LogP contribution in [0.2, 0.25) is 0 Å². The van der Waals surface area contributed by atoms with Crippen LogP contribution in [0.25, 0.3) is 10.9 Å². The van der Waals surface area contributed by atoms with Crippen LogP contribution in [-0.4, -0.2) is 54.0 Å². The third-order valence-corrected chi connectivity index (χ3v) is 4.39. The third-order valence-electron chi connectivity index (χ3n) is 4.39. The molecule has 1 aromatic heterocycles. The SMILES string of the molecule is COC(=O)C1CCN(CCCOc2nn(C)c3ccccc23)C1. The zero-order chi connectivity index (χ0) is 16.2. The summed E-state index contributed by atoms with van der Waals surface area (Å²) in [6.07, 6.45) is 1.80. The highest BCUT2D eigenvalue weighted by molar-refractivity contribution is 5.84. The molecule has 23 heavy (non-hydrogen) atoms. The average molecular weight is 317 g/mol. The number of carbonyl (C=O) groups excluding carboxylic acids is 1. The normalized spacial score (nSPS) is 18.4. The first kappa shape index (κ1) is 15.8. The lowest BCUT2D eigenvalue weighted by Crippen LogP contribution is -2.25. The van der Waals surface area contributed by atoms with E-state index in [4.69, 9.17) is 9.47 Å². The Balaban J connectivity index is 1.46. The fraction of sp³-hybridized carbons (Fsp3) is 0.529. The highest BCUT2D eigenvalue weighted by Gasteiger charge is 2.28. The molecule has 0 bridgehead atoms. The number of fused-ring (bicyclic) bond motifs is 1. The standard InChI is InChI=1S/C17H23N3O3/c1-19-15-7-4-3-6-14(15)16(18-19)23-11-5-9-20-10-8-13(12-20)17(21)22-2/h3-4,6-7,13H,5,8-12H2,1-2H3. The van der Waals surface area contributed by atoms with E-state index in [2.05, 4.69) is 10.00 Å². The van der Waals surface area contributed by atoms with E-state index in [-0.39, 0.29) is 11.9 Å². The molecule has 1 aliphatic heterocycles. The van der Waals surface area contributed by atoms with Gasteiger partial charge in [0.15, 0.2) is 0 Å². The molecule has 0 aliphatic carbocycles. The molecule has 1 saturated heterocycles. The van der Waals surface area contributed by atoms with Gasteiger partial charge in [0.2, 0.25) is 5.88 Å². The second kappa shape index (κ2) is 7.00. The van der Waals surface area contributed by atoms with Crippen LogP contribution in [0.5, 0.6) is 5.88 Å². The fourth-order valence-corrected chi connectivity index (χ4v) is 3.14. The minimum Gasteiger partial charge on any atom is -0.476 e. The molecule has 0 spiro atoms. The van der Waals surface area contributed by atoms with E-state index in [1.807, 2.05) is 36.0 Å². The van der Waals surface area contributed by atoms with Gasteiger partial charge in [0.05, 0.1) is 30.5 Å². The minimum atomic E-state index is -0.0938. The van der Waals surface area contributed by atoms with Crippen LogP contribution in [0, 0.1) is 5.92 Å². The van der Waals surface area contributed by atoms with Crippen LogP contribution in [-0.2, 0) is 16.6 Å². The van der Waals surface area contributed by atoms with Gasteiger partial charge in [-0.05, 0) is 31.5 Å². The average Bonchev–Trinajstić information content (AvgIpc) is 3.17. The Morgan fingerprint density at radius 1 is 1.39 bits per heavy atom. The second-order valence-electron chi connectivity index (χ2n) is 5.96. The molecule has 1 unspecified atom stereocenters. The molecule has 2 aromatic rings. The highest BCUT2D eigenvalue weighted by atomic mass is 16.5. The van der Waals surface area contributed by atoms with Crippen molar-refractivity contribution < 1.29 is 14.3 Å². The Morgan fingerprint density at radius 2 is 2.22 bits per heavy atom. The summed E-state index contributed by atoms with van der Waals surface area (Å²) in [5.41, 5.74) is 1.07. The first-order chi connectivity index (χ1) is 11.2. The van der Waals surface area contributed by atoms with Gasteiger partial charge >= 0.3 is 5.97 Å². The largest absolute Gasteiger partial charge is 0.476 e. The summed E-state index contributed by atoms with van der Waals surface area (Å²) in [5.74, 6) is 0.626. The van der Waals surface area contributed by atoms with Gasteiger partial charge in [-0.2, -0.15) is 0 Å². The van der Waals surface area contributed by atoms with Crippen LogP contribution < -0.4 is 4.74 Å². The molecule has 6 nitrogen and oxygen atoms in total. The zero-order valence-electron chi connectivity index (χ0n) is 13.7. The van der Waals surface area contributed by atoms with Gasteiger partial charge in [-0.3, -0.25) is 9.48 Å². The van der Waals surface area contributed by atoms with Crippen molar-refractivity contribution in [3.63, 3.8) is 0 Å². The van der Waals surface area contributed by atoms with E-state index < -0.39 is 0 Å². The summed E-state index contributed by atoms with van der Waals surface area (Å²) < 4.78 is 12.5. The van der Waals surface area contributed by atoms with Crippen molar-refractivity contribution in [1.82, 2.24) is 14.7 Å². The lowest BCUT2D eigenvalue weighted by atomic mass is 10.1. The molecular formula is C17H23N3O3. The summed E-state index contributed by atoms with van der Waals surface area (Å²) >= 11 is 0. The van der Waals surface area contributed by atoms with Crippen LogP contribution in [0.15, 0.2) is 24.3 Å². The summed E-state index contributed by atoms with van der Waals surface area (Å²) in [6, 6.07) is 8.05. The summed E-state index contributed by atoms with van der Waals surface area (Å²) in [6.45, 7) is 3.30. The van der Waals surface area contributed by atoms with E-state index in [0.717, 1.165) is 43.4 Å². The molecule has 2 heterocycles. The number of rotatable bonds is 6. The molecule has 124 valence electrons. The van der Waals surface area contributed by atoms with Crippen LogP contribution in [0.1, 0.15) is 12.8 Å². The smallest absolute Gasteiger partial charge is 0.310 e. The van der Waals surface area contributed by atoms with E-state index in [1.165, 1.54) is 7.11 Å². The number of hydrogen-bond acceptors (Lipinski definition) is 5. The Kier molecular flexibility index (Phi) is 4.81. The monoisotopic (exact) mass is 317 g/mol. The number of carbonyl (C=O) groups is 1. The minimum absolute atomic E-state index is 0.0284. The van der Waals surface area contributed by atoms with Gasteiger partial charge in [-0.25, -0.2) is 0 Å². The van der Waals surface area contributed by atoms with Crippen LogP contribution in [0.4, 0.5) is 0 Å². The Hall–Kier alpha value is -2.08. The van der Waals surface area contributed by atoms with Crippen molar-refractivity contribution in [2.45, 2.75) is 12.8 Å². The van der Waals surface area contributed by atoms with E-state index in [9.17, 15) is 4.79 Å². The maximum absolute atomic E-state index is 11.5. The summed E-state index contributed by atoms with van der Waals surface area (Å²) in [5, 5.41) is 5.47. The van der Waals surface area contributed by atoms with Crippen molar-refractivity contribution in [3.8, 4) is 5.88 Å². The van der Waals surface area contributed by atoms with Gasteiger partial charge in [0.25, 0.3) is 0 Å². The zero-order valence-corrected chi connectivity index (χ0v) is 13.7. The van der Waals surface area contributed by atoms with E-state index in [0.29, 0.717) is 12.5 Å². The maximum Gasteiger partial charge on any atom is 0.310 e. The molecule has 0 amide bonds. The van der Waals surface area contributed by atoms with Crippen LogP contribution >= 0.6 is 0 Å². The predicted octanol–water partition coefficient (Wildman–Crippen LogP) is 1.84. The summed E-state index contributed by atoms with van der Waals surface area (Å²) in [4.78, 5) is 13.8. The molecule has 1 aliphatic rings. The topological polar surface area (TPSA) is 56.6 Å². The molecule has 1 atom stereocenters. The summed E-state index contributed by atoms with van der Waals surface area (Å²) in [7, 11) is 3.38. The van der Waals surface area contributed by atoms with Crippen molar-refractivity contribution in [2.24, 2.45) is 13.0 Å². The third kappa shape index (κ3) is 3.47. The Morgan fingerprint density at radius 3 is 3.04 bits per heavy atom. The number of ether oxygens (including phenoxy) is 2. The first-order valence-electron chi connectivity index (χ1n) is 8.03. The predicted molar refractivity (Wildman–Crippen MR) is 87.4 cm³/mol. The van der Waals surface area contributed by atoms with Crippen molar-refractivity contribution in [1.29, 1.82) is 0 Å². The lowest BCUT2D eigenvalue weighted by Gasteiger charge is -2.15. The highest BCUT2D eigenvalue weighted by Crippen LogP contribution is 2.24. The number of likely N-dealkylation sites (tertiary alicyclic amines) is 1. The number of hydrogen-bond donors (Lipinski definition) is 0. The van der Waals surface area contributed by atoms with Crippen molar-refractivity contribution >= 4 is 16.9 Å². The van der Waals surface area contributed by atoms with Gasteiger partial charge in [0, 0.05) is 20.1 Å². The van der Waals surface area contributed by atoms with E-state index >= 15 is 0 Å². The molecule has 3 rings (SSSR count). The molecule has 6 heteroatoms. The van der Waals surface area contributed by atoms with Gasteiger partial charge in [0.1, 0.15) is 0 Å². The van der Waals surface area contributed by atoms with E-state index in [1.54, 1.807) is 0 Å². The van der Waals surface area contributed by atoms with Crippen molar-refractivity contribution in [2.75, 3.05) is 33.4 Å². The van der Waals surface area contributed by atoms with Crippen LogP contribution in [0.3, 0.4) is 0 Å². The first-order valence-corrected chi connectivity index (χ1v) is 8.03. The molecular weight excluding hydrogens is 294 g/mol. The number of aromatic nitrogens is 2. The number of aryl methyl sites for hydroxylation is 1. The fourth-order valence-electron chi connectivity index (χ4n) is 3.14. The Labute approximate surface area is 136 Å². The number of nitrogens with zero attached hydrogens (tertiary/aromatic N) is 3. The number of esters is 1. The lowest BCUT2D eigenvalue weighted by molar-refractivity contribution is -0.144. The Bertz CT molecular complexity index is 683. The van der Waals surface area contributed by atoms with Gasteiger partial charge in [-0.15, -0.1) is 5.10 Å². The van der Waals surface area contributed by atoms with Gasteiger partial charge < -0.3 is 14.4 Å². The molecule has 0 N–H and O–H groups in total. The molecule has 1 fully saturated rings. The number of benzene rings is 1. The molecule has 0 radical (unpaired) electrons. The maximum atomic E-state index is 11.5.